The van der Waals surface area contributed by atoms with E-state index in [4.69, 9.17) is 40.3 Å². The molecule has 0 saturated carbocycles. The number of rotatable bonds is 20. The van der Waals surface area contributed by atoms with Gasteiger partial charge in [0.25, 0.3) is 17.7 Å². The smallest absolute Gasteiger partial charge is 0.295 e. The van der Waals surface area contributed by atoms with Crippen molar-refractivity contribution >= 4 is 74.4 Å². The van der Waals surface area contributed by atoms with Gasteiger partial charge in [0.1, 0.15) is 28.4 Å². The second-order valence-corrected chi connectivity index (χ2v) is 16.4. The normalized spacial score (nSPS) is 12.6. The fourth-order valence-electron chi connectivity index (χ4n) is 8.35. The molecule has 0 bridgehead atoms. The van der Waals surface area contributed by atoms with Crippen molar-refractivity contribution in [1.29, 1.82) is 0 Å². The lowest BCUT2D eigenvalue weighted by atomic mass is 10.1. The second kappa shape index (κ2) is 19.9. The first-order chi connectivity index (χ1) is 33.6. The molecule has 22 nitrogen and oxygen atoms in total. The lowest BCUT2D eigenvalue weighted by molar-refractivity contribution is -0.138. The van der Waals surface area contributed by atoms with E-state index >= 15 is 0 Å². The van der Waals surface area contributed by atoms with E-state index in [1.165, 1.54) is 36.3 Å². The van der Waals surface area contributed by atoms with Crippen molar-refractivity contribution in [2.75, 3.05) is 39.2 Å². The monoisotopic (exact) mass is 953 g/mol. The third-order valence-corrected chi connectivity index (χ3v) is 11.8. The van der Waals surface area contributed by atoms with Crippen LogP contribution in [-0.2, 0) is 40.4 Å². The molecule has 2 aromatic carbocycles. The van der Waals surface area contributed by atoms with Crippen LogP contribution in [0.15, 0.2) is 65.2 Å². The zero-order chi connectivity index (χ0) is 50.0. The number of nitrogens with zero attached hydrogens (tertiary/aromatic N) is 10. The van der Waals surface area contributed by atoms with Gasteiger partial charge < -0.3 is 39.4 Å². The van der Waals surface area contributed by atoms with E-state index in [0.717, 1.165) is 16.3 Å². The number of fused-ring (bicyclic) bond motifs is 4. The summed E-state index contributed by atoms with van der Waals surface area (Å²) in [6.07, 6.45) is 8.53. The molecule has 6 amide bonds. The Morgan fingerprint density at radius 3 is 2.26 bits per heavy atom. The summed E-state index contributed by atoms with van der Waals surface area (Å²) < 4.78 is 23.3. The Labute approximate surface area is 399 Å². The van der Waals surface area contributed by atoms with Gasteiger partial charge in [-0.05, 0) is 57.0 Å². The quantitative estimate of drug-likeness (QED) is 0.0548. The average Bonchev–Trinajstić information content (AvgIpc) is 4.16. The highest BCUT2D eigenvalue weighted by Crippen LogP contribution is 2.37. The predicted molar refractivity (Wildman–Crippen MR) is 256 cm³/mol. The average molecular weight is 954 g/mol. The predicted octanol–water partition coefficient (Wildman–Crippen LogP) is 4.24. The van der Waals surface area contributed by atoms with Crippen LogP contribution < -0.4 is 26.3 Å². The maximum atomic E-state index is 13.9. The maximum absolute atomic E-state index is 13.9. The Bertz CT molecular complexity index is 3300. The van der Waals surface area contributed by atoms with Crippen LogP contribution in [0.3, 0.4) is 0 Å². The summed E-state index contributed by atoms with van der Waals surface area (Å²) in [5, 5.41) is 8.76. The van der Waals surface area contributed by atoms with Gasteiger partial charge in [-0.25, -0.2) is 19.9 Å². The number of methoxy groups -OCH3 is 1. The van der Waals surface area contributed by atoms with E-state index in [1.807, 2.05) is 48.2 Å². The largest absolute Gasteiger partial charge is 0.495 e. The number of nitrogens with one attached hydrogen (secondary N) is 1. The molecule has 0 atom stereocenters. The molecule has 70 heavy (non-hydrogen) atoms. The van der Waals surface area contributed by atoms with Gasteiger partial charge in [-0.15, -0.1) is 0 Å². The lowest BCUT2D eigenvalue weighted by Crippen LogP contribution is -2.36. The number of aryl methyl sites for hydroxylation is 4. The molecule has 0 spiro atoms. The van der Waals surface area contributed by atoms with E-state index in [9.17, 15) is 28.8 Å². The van der Waals surface area contributed by atoms with E-state index in [2.05, 4.69) is 15.4 Å². The van der Waals surface area contributed by atoms with Crippen molar-refractivity contribution in [3.8, 4) is 23.0 Å². The van der Waals surface area contributed by atoms with Crippen molar-refractivity contribution in [2.45, 2.75) is 66.6 Å². The first-order valence-electron chi connectivity index (χ1n) is 22.5. The summed E-state index contributed by atoms with van der Waals surface area (Å²) >= 11 is 0. The van der Waals surface area contributed by atoms with Gasteiger partial charge in [-0.1, -0.05) is 19.1 Å². The second-order valence-electron chi connectivity index (χ2n) is 16.4. The number of ether oxygens (including phenoxy) is 2. The van der Waals surface area contributed by atoms with Crippen LogP contribution >= 0.6 is 0 Å². The van der Waals surface area contributed by atoms with Gasteiger partial charge in [0.2, 0.25) is 29.4 Å². The van der Waals surface area contributed by atoms with Crippen molar-refractivity contribution in [3.63, 3.8) is 0 Å². The Morgan fingerprint density at radius 1 is 0.871 bits per heavy atom. The maximum Gasteiger partial charge on any atom is 0.295 e. The number of anilines is 1. The van der Waals surface area contributed by atoms with Crippen molar-refractivity contribution in [2.24, 2.45) is 11.5 Å². The minimum absolute atomic E-state index is 0.0238. The molecule has 5 aromatic heterocycles. The third-order valence-electron chi connectivity index (χ3n) is 11.8. The molecule has 362 valence electrons. The molecule has 0 fully saturated rings. The molecule has 5 N–H and O–H groups in total. The van der Waals surface area contributed by atoms with Crippen molar-refractivity contribution < 1.29 is 42.7 Å². The van der Waals surface area contributed by atoms with Gasteiger partial charge in [-0.2, -0.15) is 5.10 Å². The van der Waals surface area contributed by atoms with Crippen LogP contribution in [0, 0.1) is 13.8 Å². The molecule has 22 heteroatoms. The molecule has 0 unspecified atom stereocenters. The first-order valence-corrected chi connectivity index (χ1v) is 22.5. The van der Waals surface area contributed by atoms with Gasteiger partial charge >= 0.3 is 0 Å². The molecule has 8 rings (SSSR count). The summed E-state index contributed by atoms with van der Waals surface area (Å²) in [5.74, 6) is -1.65. The number of imide groups is 1. The van der Waals surface area contributed by atoms with E-state index in [-0.39, 0.29) is 79.2 Å². The Kier molecular flexibility index (Phi) is 13.6. The van der Waals surface area contributed by atoms with E-state index < -0.39 is 29.5 Å². The lowest BCUT2D eigenvalue weighted by Gasteiger charge is -2.19. The third kappa shape index (κ3) is 9.42. The number of primary amides is 2. The summed E-state index contributed by atoms with van der Waals surface area (Å²) in [7, 11) is 3.11. The summed E-state index contributed by atoms with van der Waals surface area (Å²) in [6, 6.07) is 8.18. The molecule has 0 saturated heterocycles. The molecule has 0 radical (unpaired) electrons. The number of hydrogen-bond donors (Lipinski definition) is 3. The minimum atomic E-state index is -0.738. The number of carbonyl (C=O) groups excluding carboxylic acids is 6. The van der Waals surface area contributed by atoms with E-state index in [0.29, 0.717) is 70.0 Å². The SMILES string of the molecule is CCc1nc(C)oc1C(=O)Nc1nc2cc(C(N)=O)cc(OCCCN(C)C(=O)CCN3C(=O)C=CC3=O)c2n1C/C=C/Cn1c2nc(-c3cc(C)nn3CC)ncc2c2cc(C(N)=O)cc(OC)c21. The number of amides is 6. The fourth-order valence-corrected chi connectivity index (χ4v) is 8.35. The van der Waals surface area contributed by atoms with Crippen molar-refractivity contribution in [1.82, 2.24) is 48.7 Å². The van der Waals surface area contributed by atoms with Crippen LogP contribution in [0.2, 0.25) is 0 Å². The number of oxazole rings is 1. The first kappa shape index (κ1) is 47.8. The summed E-state index contributed by atoms with van der Waals surface area (Å²) in [4.78, 5) is 97.1. The highest BCUT2D eigenvalue weighted by atomic mass is 16.5. The zero-order valence-electron chi connectivity index (χ0n) is 39.4. The standard InChI is InChI=1S/C48H51N13O9/c1-7-32-42(70-27(4)52-32)47(67)55-48-53-33-22-29(44(50)66)24-36(69-19-11-15-57(5)37(62)14-18-58-38(63)12-13-39(58)64)41(33)60(48)17-10-9-16-59-40-30(21-28(43(49)65)23-35(40)68-6)31-25-51-45(54-46(31)59)34-20-26(3)56-61(34)8-2/h9-10,12-13,20-25H,7-8,11,14-19H2,1-6H3,(H2,49,65)(H2,50,66)(H,53,55,67)/b10-9+. The minimum Gasteiger partial charge on any atom is -0.495 e. The molecule has 0 aliphatic carbocycles. The van der Waals surface area contributed by atoms with Gasteiger partial charge in [0, 0.05) is 93.4 Å². The van der Waals surface area contributed by atoms with Gasteiger partial charge in [-0.3, -0.25) is 43.7 Å². The van der Waals surface area contributed by atoms with Crippen LogP contribution in [0.5, 0.6) is 11.5 Å². The number of allylic oxidation sites excluding steroid dienone is 2. The van der Waals surface area contributed by atoms with Crippen LogP contribution in [-0.4, -0.2) is 118 Å². The number of benzene rings is 2. The number of carbonyl (C=O) groups is 6. The zero-order valence-corrected chi connectivity index (χ0v) is 39.4. The molecule has 1 aliphatic heterocycles. The number of hydrogen-bond acceptors (Lipinski definition) is 14. The summed E-state index contributed by atoms with van der Waals surface area (Å²) in [5.41, 5.74) is 15.8. The molecule has 1 aliphatic rings. The van der Waals surface area contributed by atoms with E-state index in [1.54, 1.807) is 36.9 Å². The van der Waals surface area contributed by atoms with Crippen LogP contribution in [0.25, 0.3) is 44.5 Å². The summed E-state index contributed by atoms with van der Waals surface area (Å²) in [6.45, 7) is 8.62. The highest BCUT2D eigenvalue weighted by Gasteiger charge is 2.26. The van der Waals surface area contributed by atoms with Crippen molar-refractivity contribution in [3.05, 3.63) is 95.0 Å². The van der Waals surface area contributed by atoms with Crippen LogP contribution in [0.1, 0.15) is 75.2 Å². The van der Waals surface area contributed by atoms with Gasteiger partial charge in [0.05, 0.1) is 36.1 Å². The Morgan fingerprint density at radius 2 is 1.57 bits per heavy atom. The number of nitrogens with two attached hydrogens (primary N) is 2. The fraction of sp³-hybridized carbons (Fsp3) is 0.312. The topological polar surface area (TPSA) is 284 Å². The van der Waals surface area contributed by atoms with Crippen LogP contribution in [0.4, 0.5) is 5.95 Å². The Balaban J connectivity index is 1.13. The molecule has 7 aromatic rings. The molecular weight excluding hydrogens is 903 g/mol. The van der Waals surface area contributed by atoms with Gasteiger partial charge in [0.15, 0.2) is 11.7 Å². The number of aromatic nitrogens is 8. The Hall–Kier alpha value is -8.69. The molecular formula is C48H51N13O9. The molecule has 6 heterocycles. The highest BCUT2D eigenvalue weighted by molar-refractivity contribution is 6.13. The number of imidazole rings is 1.